The molecule has 1 fully saturated rings. The standard InChI is InChI=1S/C28H20N2O5S/c31-27-26(36-28(32)29(27)17-22-8-4-7-21-6-1-2-10-25(21)22)16-19-11-13-24(14-12-19)35-18-20-5-3-9-23(15-20)30(33)34/h1-16H,17-18H2/b26-16+. The molecule has 1 heterocycles. The highest BCUT2D eigenvalue weighted by atomic mass is 32.2. The lowest BCUT2D eigenvalue weighted by Crippen LogP contribution is -2.27. The molecule has 5 rings (SSSR count). The fourth-order valence-corrected chi connectivity index (χ4v) is 4.81. The second-order valence-corrected chi connectivity index (χ2v) is 9.18. The lowest BCUT2D eigenvalue weighted by atomic mass is 10.0. The molecule has 1 aliphatic rings. The number of carbonyl (C=O) groups excluding carboxylic acids is 2. The molecule has 0 unspecified atom stereocenters. The number of nitrogens with zero attached hydrogens (tertiary/aromatic N) is 2. The summed E-state index contributed by atoms with van der Waals surface area (Å²) in [6.07, 6.45) is 1.69. The SMILES string of the molecule is O=C1S/C(=C/c2ccc(OCc3cccc([N+](=O)[O-])c3)cc2)C(=O)N1Cc1cccc2ccccc12. The van der Waals surface area contributed by atoms with Crippen LogP contribution in [-0.4, -0.2) is 21.0 Å². The zero-order chi connectivity index (χ0) is 25.1. The first kappa shape index (κ1) is 23.3. The van der Waals surface area contributed by atoms with Gasteiger partial charge in [-0.1, -0.05) is 66.7 Å². The molecule has 0 spiro atoms. The number of nitro groups is 1. The molecule has 178 valence electrons. The van der Waals surface area contributed by atoms with Gasteiger partial charge in [-0.05, 0) is 57.4 Å². The number of carbonyl (C=O) groups is 2. The maximum atomic E-state index is 13.0. The second-order valence-electron chi connectivity index (χ2n) is 8.19. The Balaban J connectivity index is 1.26. The number of ether oxygens (including phenoxy) is 1. The van der Waals surface area contributed by atoms with Crippen molar-refractivity contribution >= 4 is 45.4 Å². The van der Waals surface area contributed by atoms with Gasteiger partial charge in [0.1, 0.15) is 12.4 Å². The summed E-state index contributed by atoms with van der Waals surface area (Å²) >= 11 is 0.929. The maximum Gasteiger partial charge on any atom is 0.293 e. The third-order valence-corrected chi connectivity index (χ3v) is 6.69. The van der Waals surface area contributed by atoms with Crippen LogP contribution in [0.2, 0.25) is 0 Å². The van der Waals surface area contributed by atoms with Crippen molar-refractivity contribution in [3.05, 3.63) is 123 Å². The number of nitro benzene ring substituents is 1. The van der Waals surface area contributed by atoms with E-state index in [0.29, 0.717) is 16.2 Å². The largest absolute Gasteiger partial charge is 0.489 e. The third kappa shape index (κ3) is 4.99. The van der Waals surface area contributed by atoms with Crippen LogP contribution in [0.15, 0.2) is 95.9 Å². The minimum absolute atomic E-state index is 0.0147. The number of amides is 2. The van der Waals surface area contributed by atoms with Crippen molar-refractivity contribution in [1.29, 1.82) is 0 Å². The Morgan fingerprint density at radius 2 is 1.67 bits per heavy atom. The van der Waals surface area contributed by atoms with E-state index >= 15 is 0 Å². The highest BCUT2D eigenvalue weighted by Gasteiger charge is 2.35. The Bertz CT molecular complexity index is 1510. The Labute approximate surface area is 211 Å². The van der Waals surface area contributed by atoms with Crippen molar-refractivity contribution < 1.29 is 19.2 Å². The molecule has 0 bridgehead atoms. The molecule has 7 nitrogen and oxygen atoms in total. The Hall–Kier alpha value is -4.43. The van der Waals surface area contributed by atoms with Crippen LogP contribution in [0, 0.1) is 10.1 Å². The number of hydrogen-bond acceptors (Lipinski definition) is 6. The summed E-state index contributed by atoms with van der Waals surface area (Å²) < 4.78 is 5.73. The van der Waals surface area contributed by atoms with E-state index in [0.717, 1.165) is 33.7 Å². The van der Waals surface area contributed by atoms with E-state index in [4.69, 9.17) is 4.74 Å². The number of non-ortho nitro benzene ring substituents is 1. The van der Waals surface area contributed by atoms with E-state index in [-0.39, 0.29) is 30.0 Å². The minimum Gasteiger partial charge on any atom is -0.489 e. The highest BCUT2D eigenvalue weighted by molar-refractivity contribution is 8.18. The summed E-state index contributed by atoms with van der Waals surface area (Å²) in [6, 6.07) is 27.1. The molecule has 36 heavy (non-hydrogen) atoms. The van der Waals surface area contributed by atoms with Gasteiger partial charge in [-0.15, -0.1) is 0 Å². The molecule has 1 aliphatic heterocycles. The number of thioether (sulfide) groups is 1. The number of rotatable bonds is 7. The molecule has 4 aromatic rings. The van der Waals surface area contributed by atoms with E-state index in [1.54, 1.807) is 42.5 Å². The molecule has 0 radical (unpaired) electrons. The average molecular weight is 497 g/mol. The quantitative estimate of drug-likeness (QED) is 0.163. The normalized spacial score (nSPS) is 14.6. The first-order valence-corrected chi connectivity index (χ1v) is 12.0. The monoisotopic (exact) mass is 496 g/mol. The number of imide groups is 1. The van der Waals surface area contributed by atoms with Gasteiger partial charge in [-0.25, -0.2) is 0 Å². The molecule has 4 aromatic carbocycles. The van der Waals surface area contributed by atoms with Gasteiger partial charge in [0, 0.05) is 12.1 Å². The third-order valence-electron chi connectivity index (χ3n) is 5.79. The molecular weight excluding hydrogens is 476 g/mol. The second kappa shape index (κ2) is 10.1. The molecule has 0 saturated carbocycles. The molecule has 0 atom stereocenters. The van der Waals surface area contributed by atoms with Crippen molar-refractivity contribution in [3.63, 3.8) is 0 Å². The zero-order valence-corrected chi connectivity index (χ0v) is 19.8. The van der Waals surface area contributed by atoms with E-state index in [2.05, 4.69) is 0 Å². The Morgan fingerprint density at radius 1 is 0.917 bits per heavy atom. The number of fused-ring (bicyclic) bond motifs is 1. The van der Waals surface area contributed by atoms with Crippen molar-refractivity contribution in [3.8, 4) is 5.75 Å². The Kier molecular flexibility index (Phi) is 6.51. The molecule has 0 aromatic heterocycles. The molecule has 2 amide bonds. The Morgan fingerprint density at radius 3 is 2.47 bits per heavy atom. The molecule has 8 heteroatoms. The van der Waals surface area contributed by atoms with Crippen molar-refractivity contribution in [2.75, 3.05) is 0 Å². The van der Waals surface area contributed by atoms with E-state index < -0.39 is 4.92 Å². The van der Waals surface area contributed by atoms with Gasteiger partial charge >= 0.3 is 0 Å². The summed E-state index contributed by atoms with van der Waals surface area (Å²) in [5.74, 6) is 0.270. The lowest BCUT2D eigenvalue weighted by molar-refractivity contribution is -0.384. The van der Waals surface area contributed by atoms with Gasteiger partial charge in [0.25, 0.3) is 16.8 Å². The fraction of sp³-hybridized carbons (Fsp3) is 0.0714. The van der Waals surface area contributed by atoms with Crippen LogP contribution in [0.4, 0.5) is 10.5 Å². The maximum absolute atomic E-state index is 13.0. The van der Waals surface area contributed by atoms with E-state index in [1.807, 2.05) is 42.5 Å². The van der Waals surface area contributed by atoms with Gasteiger partial charge in [0.15, 0.2) is 0 Å². The summed E-state index contributed by atoms with van der Waals surface area (Å²) in [5.41, 5.74) is 2.38. The molecule has 0 N–H and O–H groups in total. The summed E-state index contributed by atoms with van der Waals surface area (Å²) in [5, 5.41) is 12.7. The van der Waals surface area contributed by atoms with Crippen molar-refractivity contribution in [2.45, 2.75) is 13.2 Å². The first-order chi connectivity index (χ1) is 17.5. The van der Waals surface area contributed by atoms with Crippen molar-refractivity contribution in [1.82, 2.24) is 4.90 Å². The van der Waals surface area contributed by atoms with Crippen LogP contribution in [0.25, 0.3) is 16.8 Å². The molecule has 0 aliphatic carbocycles. The van der Waals surface area contributed by atoms with Crippen LogP contribution in [0.5, 0.6) is 5.75 Å². The lowest BCUT2D eigenvalue weighted by Gasteiger charge is -2.14. The average Bonchev–Trinajstić information content (AvgIpc) is 3.16. The van der Waals surface area contributed by atoms with Gasteiger partial charge in [0.2, 0.25) is 0 Å². The minimum atomic E-state index is -0.442. The topological polar surface area (TPSA) is 89.7 Å². The number of benzene rings is 4. The predicted molar refractivity (Wildman–Crippen MR) is 139 cm³/mol. The van der Waals surface area contributed by atoms with E-state index in [1.165, 1.54) is 17.0 Å². The predicted octanol–water partition coefficient (Wildman–Crippen LogP) is 6.56. The zero-order valence-electron chi connectivity index (χ0n) is 19.0. The summed E-state index contributed by atoms with van der Waals surface area (Å²) in [4.78, 5) is 37.8. The molecular formula is C28H20N2O5S. The van der Waals surface area contributed by atoms with Crippen molar-refractivity contribution in [2.24, 2.45) is 0 Å². The van der Waals surface area contributed by atoms with Crippen LogP contribution < -0.4 is 4.74 Å². The summed E-state index contributed by atoms with van der Waals surface area (Å²) in [7, 11) is 0. The first-order valence-electron chi connectivity index (χ1n) is 11.2. The fourth-order valence-electron chi connectivity index (χ4n) is 3.98. The van der Waals surface area contributed by atoms with Gasteiger partial charge in [0.05, 0.1) is 16.4 Å². The van der Waals surface area contributed by atoms with Gasteiger partial charge in [-0.2, -0.15) is 0 Å². The highest BCUT2D eigenvalue weighted by Crippen LogP contribution is 2.34. The van der Waals surface area contributed by atoms with Gasteiger partial charge < -0.3 is 4.74 Å². The van der Waals surface area contributed by atoms with Crippen LogP contribution in [0.1, 0.15) is 16.7 Å². The van der Waals surface area contributed by atoms with Crippen LogP contribution in [-0.2, 0) is 17.9 Å². The van der Waals surface area contributed by atoms with E-state index in [9.17, 15) is 19.7 Å². The summed E-state index contributed by atoms with van der Waals surface area (Å²) in [6.45, 7) is 0.405. The van der Waals surface area contributed by atoms with Crippen LogP contribution in [0.3, 0.4) is 0 Å². The number of hydrogen-bond donors (Lipinski definition) is 0. The smallest absolute Gasteiger partial charge is 0.293 e. The van der Waals surface area contributed by atoms with Gasteiger partial charge in [-0.3, -0.25) is 24.6 Å². The molecule has 1 saturated heterocycles. The van der Waals surface area contributed by atoms with Crippen LogP contribution >= 0.6 is 11.8 Å².